The second-order valence-corrected chi connectivity index (χ2v) is 6.50. The van der Waals surface area contributed by atoms with E-state index in [0.717, 1.165) is 18.3 Å². The molecule has 0 spiro atoms. The van der Waals surface area contributed by atoms with Gasteiger partial charge in [0.2, 0.25) is 0 Å². The fourth-order valence-corrected chi connectivity index (χ4v) is 3.94. The molecule has 17 heavy (non-hydrogen) atoms. The molecular formula is C16H30O. The Labute approximate surface area is 107 Å². The number of aliphatic hydroxyl groups excluding tert-OH is 1. The van der Waals surface area contributed by atoms with Gasteiger partial charge in [-0.3, -0.25) is 0 Å². The lowest BCUT2D eigenvalue weighted by Crippen LogP contribution is -2.28. The average Bonchev–Trinajstić information content (AvgIpc) is 2.40. The molecule has 0 amide bonds. The highest BCUT2D eigenvalue weighted by Gasteiger charge is 2.27. The van der Waals surface area contributed by atoms with Crippen LogP contribution in [0.5, 0.6) is 0 Å². The van der Waals surface area contributed by atoms with Crippen LogP contribution in [0.1, 0.15) is 77.6 Å². The predicted molar refractivity (Wildman–Crippen MR) is 72.9 cm³/mol. The summed E-state index contributed by atoms with van der Waals surface area (Å²) in [6.07, 6.45) is 14.7. The van der Waals surface area contributed by atoms with Crippen LogP contribution < -0.4 is 0 Å². The molecule has 2 aliphatic carbocycles. The van der Waals surface area contributed by atoms with Crippen molar-refractivity contribution in [1.82, 2.24) is 0 Å². The van der Waals surface area contributed by atoms with Crippen LogP contribution in [0, 0.1) is 17.8 Å². The maximum absolute atomic E-state index is 10.4. The van der Waals surface area contributed by atoms with Gasteiger partial charge < -0.3 is 5.11 Å². The lowest BCUT2D eigenvalue weighted by atomic mass is 9.75. The molecule has 0 radical (unpaired) electrons. The van der Waals surface area contributed by atoms with Gasteiger partial charge in [-0.1, -0.05) is 58.3 Å². The molecule has 1 N–H and O–H groups in total. The lowest BCUT2D eigenvalue weighted by Gasteiger charge is -2.33. The molecule has 0 heterocycles. The molecule has 2 fully saturated rings. The van der Waals surface area contributed by atoms with Crippen LogP contribution in [0.3, 0.4) is 0 Å². The van der Waals surface area contributed by atoms with Crippen LogP contribution in [0.15, 0.2) is 0 Å². The quantitative estimate of drug-likeness (QED) is 0.762. The van der Waals surface area contributed by atoms with Crippen LogP contribution in [0.25, 0.3) is 0 Å². The van der Waals surface area contributed by atoms with Gasteiger partial charge in [-0.2, -0.15) is 0 Å². The van der Waals surface area contributed by atoms with Crippen molar-refractivity contribution in [3.05, 3.63) is 0 Å². The Morgan fingerprint density at radius 1 is 0.882 bits per heavy atom. The maximum atomic E-state index is 10.4. The van der Waals surface area contributed by atoms with Crippen molar-refractivity contribution in [3.63, 3.8) is 0 Å². The molecule has 0 aliphatic heterocycles. The lowest BCUT2D eigenvalue weighted by molar-refractivity contribution is 0.0475. The summed E-state index contributed by atoms with van der Waals surface area (Å²) in [5.41, 5.74) is 0. The third kappa shape index (κ3) is 3.98. The van der Waals surface area contributed by atoms with Gasteiger partial charge in [-0.15, -0.1) is 0 Å². The monoisotopic (exact) mass is 238 g/mol. The second kappa shape index (κ2) is 6.78. The Morgan fingerprint density at radius 2 is 1.53 bits per heavy atom. The van der Waals surface area contributed by atoms with Crippen LogP contribution in [-0.2, 0) is 0 Å². The standard InChI is InChI=1S/C16H30O/c1-2-13-8-10-15(11-9-13)16(17)12-14-6-4-3-5-7-14/h13-17H,2-12H2,1H3. The molecule has 0 aromatic carbocycles. The fourth-order valence-electron chi connectivity index (χ4n) is 3.94. The van der Waals surface area contributed by atoms with Gasteiger partial charge in [0, 0.05) is 0 Å². The number of aliphatic hydroxyl groups is 1. The number of rotatable bonds is 4. The summed E-state index contributed by atoms with van der Waals surface area (Å²) >= 11 is 0. The first-order valence-electron chi connectivity index (χ1n) is 7.97. The zero-order valence-corrected chi connectivity index (χ0v) is 11.5. The highest BCUT2D eigenvalue weighted by atomic mass is 16.3. The molecule has 0 saturated heterocycles. The molecule has 1 atom stereocenters. The third-order valence-corrected chi connectivity index (χ3v) is 5.31. The Kier molecular flexibility index (Phi) is 5.34. The van der Waals surface area contributed by atoms with Gasteiger partial charge in [-0.05, 0) is 37.0 Å². The van der Waals surface area contributed by atoms with Crippen LogP contribution in [-0.4, -0.2) is 11.2 Å². The topological polar surface area (TPSA) is 20.2 Å². The average molecular weight is 238 g/mol. The van der Waals surface area contributed by atoms with Crippen molar-refractivity contribution < 1.29 is 5.11 Å². The Hall–Kier alpha value is -0.0400. The first kappa shape index (κ1) is 13.4. The third-order valence-electron chi connectivity index (χ3n) is 5.31. The summed E-state index contributed by atoms with van der Waals surface area (Å²) in [6, 6.07) is 0. The minimum absolute atomic E-state index is 0.0101. The normalized spacial score (nSPS) is 33.5. The van der Waals surface area contributed by atoms with E-state index in [1.54, 1.807) is 0 Å². The minimum Gasteiger partial charge on any atom is -0.393 e. The van der Waals surface area contributed by atoms with Crippen LogP contribution in [0.2, 0.25) is 0 Å². The molecule has 0 aromatic rings. The molecule has 2 rings (SSSR count). The van der Waals surface area contributed by atoms with E-state index >= 15 is 0 Å². The van der Waals surface area contributed by atoms with Crippen molar-refractivity contribution in [2.75, 3.05) is 0 Å². The molecule has 1 nitrogen and oxygen atoms in total. The van der Waals surface area contributed by atoms with Gasteiger partial charge in [0.15, 0.2) is 0 Å². The van der Waals surface area contributed by atoms with E-state index in [1.165, 1.54) is 64.2 Å². The van der Waals surface area contributed by atoms with Crippen molar-refractivity contribution in [2.45, 2.75) is 83.7 Å². The van der Waals surface area contributed by atoms with E-state index in [0.29, 0.717) is 5.92 Å². The largest absolute Gasteiger partial charge is 0.393 e. The van der Waals surface area contributed by atoms with Crippen molar-refractivity contribution in [3.8, 4) is 0 Å². The summed E-state index contributed by atoms with van der Waals surface area (Å²) in [5.74, 6) is 2.41. The van der Waals surface area contributed by atoms with E-state index in [-0.39, 0.29) is 6.10 Å². The van der Waals surface area contributed by atoms with Crippen molar-refractivity contribution >= 4 is 0 Å². The van der Waals surface area contributed by atoms with E-state index in [4.69, 9.17) is 0 Å². The molecule has 0 aromatic heterocycles. The Bertz CT molecular complexity index is 200. The predicted octanol–water partition coefficient (Wildman–Crippen LogP) is 4.53. The van der Waals surface area contributed by atoms with E-state index in [2.05, 4.69) is 6.92 Å². The summed E-state index contributed by atoms with van der Waals surface area (Å²) in [6.45, 7) is 2.31. The van der Waals surface area contributed by atoms with E-state index in [1.807, 2.05) is 0 Å². The number of hydrogen-bond acceptors (Lipinski definition) is 1. The highest BCUT2D eigenvalue weighted by Crippen LogP contribution is 2.36. The van der Waals surface area contributed by atoms with Gasteiger partial charge in [-0.25, -0.2) is 0 Å². The maximum Gasteiger partial charge on any atom is 0.0571 e. The highest BCUT2D eigenvalue weighted by molar-refractivity contribution is 4.79. The van der Waals surface area contributed by atoms with E-state index < -0.39 is 0 Å². The fraction of sp³-hybridized carbons (Fsp3) is 1.00. The van der Waals surface area contributed by atoms with Gasteiger partial charge in [0.25, 0.3) is 0 Å². The molecule has 0 bridgehead atoms. The summed E-state index contributed by atoms with van der Waals surface area (Å²) in [7, 11) is 0. The van der Waals surface area contributed by atoms with Crippen molar-refractivity contribution in [1.29, 1.82) is 0 Å². The zero-order valence-electron chi connectivity index (χ0n) is 11.5. The first-order valence-corrected chi connectivity index (χ1v) is 7.97. The molecule has 2 saturated carbocycles. The Morgan fingerprint density at radius 3 is 2.12 bits per heavy atom. The first-order chi connectivity index (χ1) is 8.29. The molecule has 100 valence electrons. The summed E-state index contributed by atoms with van der Waals surface area (Å²) in [4.78, 5) is 0. The van der Waals surface area contributed by atoms with E-state index in [9.17, 15) is 5.11 Å². The summed E-state index contributed by atoms with van der Waals surface area (Å²) < 4.78 is 0. The molecule has 1 heteroatoms. The van der Waals surface area contributed by atoms with Crippen LogP contribution >= 0.6 is 0 Å². The smallest absolute Gasteiger partial charge is 0.0571 e. The molecular weight excluding hydrogens is 208 g/mol. The summed E-state index contributed by atoms with van der Waals surface area (Å²) in [5, 5.41) is 10.4. The Balaban J connectivity index is 1.70. The van der Waals surface area contributed by atoms with Gasteiger partial charge >= 0.3 is 0 Å². The molecule has 2 aliphatic rings. The van der Waals surface area contributed by atoms with Gasteiger partial charge in [0.05, 0.1) is 6.10 Å². The SMILES string of the molecule is CCC1CCC(C(O)CC2CCCCC2)CC1. The second-order valence-electron chi connectivity index (χ2n) is 6.50. The minimum atomic E-state index is 0.0101. The molecule has 1 unspecified atom stereocenters. The van der Waals surface area contributed by atoms with Crippen molar-refractivity contribution in [2.24, 2.45) is 17.8 Å². The zero-order chi connectivity index (χ0) is 12.1. The van der Waals surface area contributed by atoms with Crippen LogP contribution in [0.4, 0.5) is 0 Å². The van der Waals surface area contributed by atoms with Gasteiger partial charge in [0.1, 0.15) is 0 Å². The number of hydrogen-bond donors (Lipinski definition) is 1.